The van der Waals surface area contributed by atoms with Gasteiger partial charge >= 0.3 is 14.2 Å². The first-order valence-corrected chi connectivity index (χ1v) is 9.62. The van der Waals surface area contributed by atoms with E-state index in [9.17, 15) is 0 Å². The molecule has 138 valence electrons. The summed E-state index contributed by atoms with van der Waals surface area (Å²) in [6.45, 7) is 16.7. The molecule has 2 fully saturated rings. The molecule has 2 saturated heterocycles. The van der Waals surface area contributed by atoms with E-state index < -0.39 is 0 Å². The lowest BCUT2D eigenvalue weighted by molar-refractivity contribution is 0.00578. The minimum Gasteiger partial charge on any atom is -0.403 e. The molecule has 0 unspecified atom stereocenters. The molecule has 1 atom stereocenters. The van der Waals surface area contributed by atoms with Crippen LogP contribution in [-0.4, -0.2) is 42.5 Å². The highest BCUT2D eigenvalue weighted by Crippen LogP contribution is 2.45. The topological polar surface area (TPSA) is 36.9 Å². The monoisotopic (exact) mass is 358 g/mol. The molecule has 0 radical (unpaired) electrons. The zero-order chi connectivity index (χ0) is 18.4. The van der Waals surface area contributed by atoms with Crippen LogP contribution in [-0.2, 0) is 18.6 Å². The molecule has 4 nitrogen and oxygen atoms in total. The van der Waals surface area contributed by atoms with Gasteiger partial charge in [0, 0.05) is 5.88 Å². The Morgan fingerprint density at radius 1 is 0.750 bits per heavy atom. The van der Waals surface area contributed by atoms with Crippen LogP contribution in [0, 0.1) is 0 Å². The maximum absolute atomic E-state index is 6.26. The summed E-state index contributed by atoms with van der Waals surface area (Å²) in [7, 11) is -0.494. The Morgan fingerprint density at radius 3 is 1.58 bits per heavy atom. The molecule has 2 rings (SSSR count). The third kappa shape index (κ3) is 3.98. The Bertz CT molecular complexity index is 422. The number of hydrogen-bond acceptors (Lipinski definition) is 4. The zero-order valence-electron chi connectivity index (χ0n) is 16.6. The largest absolute Gasteiger partial charge is 0.460 e. The van der Waals surface area contributed by atoms with E-state index in [1.54, 1.807) is 0 Å². The summed E-state index contributed by atoms with van der Waals surface area (Å²) in [6, 6.07) is 0. The number of alkyl halides is 1. The third-order valence-corrected chi connectivity index (χ3v) is 6.43. The second-order valence-electron chi connectivity index (χ2n) is 9.14. The van der Waals surface area contributed by atoms with Crippen molar-refractivity contribution in [3.05, 3.63) is 0 Å². The molecule has 24 heavy (non-hydrogen) atoms. The second kappa shape index (κ2) is 6.77. The van der Waals surface area contributed by atoms with E-state index in [0.29, 0.717) is 5.88 Å². The Kier molecular flexibility index (Phi) is 5.80. The van der Waals surface area contributed by atoms with Crippen molar-refractivity contribution in [1.29, 1.82) is 0 Å². The van der Waals surface area contributed by atoms with Crippen molar-refractivity contribution in [3.63, 3.8) is 0 Å². The minimum absolute atomic E-state index is 0.194. The predicted octanol–water partition coefficient (Wildman–Crippen LogP) is 4.56. The molecule has 0 bridgehead atoms. The van der Waals surface area contributed by atoms with Crippen LogP contribution in [0.4, 0.5) is 0 Å². The molecule has 0 aromatic rings. The summed E-state index contributed by atoms with van der Waals surface area (Å²) < 4.78 is 24.9. The Hall–Kier alpha value is 0.260. The van der Waals surface area contributed by atoms with Gasteiger partial charge in [-0.15, -0.1) is 11.6 Å². The number of hydrogen-bond donors (Lipinski definition) is 0. The lowest BCUT2D eigenvalue weighted by Crippen LogP contribution is -2.41. The Balaban J connectivity index is 2.08. The standard InChI is InChI=1S/C17H33B2ClO4/c1-14(2)15(3,4)22-18(21-14)12-13(10-9-11-20)19-23-16(5,6)17(7,8)24-19/h13H,9-12H2,1-8H3/t13-/m0/s1. The van der Waals surface area contributed by atoms with E-state index in [1.165, 1.54) is 0 Å². The lowest BCUT2D eigenvalue weighted by atomic mass is 9.59. The lowest BCUT2D eigenvalue weighted by Gasteiger charge is -2.32. The van der Waals surface area contributed by atoms with Crippen molar-refractivity contribution in [3.8, 4) is 0 Å². The Morgan fingerprint density at radius 2 is 1.17 bits per heavy atom. The van der Waals surface area contributed by atoms with Crippen LogP contribution in [0.15, 0.2) is 0 Å². The average Bonchev–Trinajstić information content (AvgIpc) is 2.73. The molecule has 0 aromatic heterocycles. The summed E-state index contributed by atoms with van der Waals surface area (Å²) in [4.78, 5) is 0. The minimum atomic E-state index is -0.327. The number of halogens is 1. The van der Waals surface area contributed by atoms with E-state index in [-0.39, 0.29) is 42.5 Å². The second-order valence-corrected chi connectivity index (χ2v) is 9.52. The normalized spacial score (nSPS) is 28.4. The van der Waals surface area contributed by atoms with Crippen molar-refractivity contribution in [2.45, 2.75) is 103 Å². The maximum Gasteiger partial charge on any atom is 0.460 e. The maximum atomic E-state index is 6.26. The van der Waals surface area contributed by atoms with Crippen molar-refractivity contribution < 1.29 is 18.6 Å². The van der Waals surface area contributed by atoms with Crippen molar-refractivity contribution in [2.24, 2.45) is 0 Å². The predicted molar refractivity (Wildman–Crippen MR) is 101 cm³/mol. The molecule has 2 aliphatic rings. The summed E-state index contributed by atoms with van der Waals surface area (Å²) in [6.07, 6.45) is 2.61. The summed E-state index contributed by atoms with van der Waals surface area (Å²) in [5, 5.41) is 0. The van der Waals surface area contributed by atoms with Gasteiger partial charge in [0.2, 0.25) is 0 Å². The first-order valence-electron chi connectivity index (χ1n) is 9.08. The van der Waals surface area contributed by atoms with Gasteiger partial charge in [0.05, 0.1) is 22.4 Å². The van der Waals surface area contributed by atoms with Gasteiger partial charge in [-0.3, -0.25) is 0 Å². The van der Waals surface area contributed by atoms with Gasteiger partial charge in [0.25, 0.3) is 0 Å². The van der Waals surface area contributed by atoms with E-state index in [4.69, 9.17) is 30.2 Å². The molecule has 7 heteroatoms. The summed E-state index contributed by atoms with van der Waals surface area (Å²) >= 11 is 5.93. The van der Waals surface area contributed by atoms with E-state index in [0.717, 1.165) is 19.2 Å². The van der Waals surface area contributed by atoms with Crippen LogP contribution in [0.1, 0.15) is 68.2 Å². The highest BCUT2D eigenvalue weighted by molar-refractivity contribution is 6.53. The fraction of sp³-hybridized carbons (Fsp3) is 1.00. The molecule has 0 saturated carbocycles. The molecule has 0 aromatic carbocycles. The Labute approximate surface area is 153 Å². The van der Waals surface area contributed by atoms with E-state index >= 15 is 0 Å². The van der Waals surface area contributed by atoms with Gasteiger partial charge in [0.1, 0.15) is 0 Å². The van der Waals surface area contributed by atoms with Gasteiger partial charge in [-0.05, 0) is 73.9 Å². The molecule has 0 aliphatic carbocycles. The molecule has 2 heterocycles. The first kappa shape index (κ1) is 20.6. The highest BCUT2D eigenvalue weighted by Gasteiger charge is 2.56. The van der Waals surface area contributed by atoms with Gasteiger partial charge in [-0.1, -0.05) is 6.42 Å². The van der Waals surface area contributed by atoms with Gasteiger partial charge in [0.15, 0.2) is 0 Å². The molecular formula is C17H33B2ClO4. The number of rotatable bonds is 6. The van der Waals surface area contributed by atoms with Crippen LogP contribution in [0.5, 0.6) is 0 Å². The van der Waals surface area contributed by atoms with E-state index in [1.807, 2.05) is 0 Å². The van der Waals surface area contributed by atoms with Crippen molar-refractivity contribution in [1.82, 2.24) is 0 Å². The smallest absolute Gasteiger partial charge is 0.403 e. The van der Waals surface area contributed by atoms with Crippen LogP contribution >= 0.6 is 11.6 Å². The van der Waals surface area contributed by atoms with Crippen LogP contribution in [0.3, 0.4) is 0 Å². The summed E-state index contributed by atoms with van der Waals surface area (Å²) in [5.41, 5.74) is -1.28. The average molecular weight is 359 g/mol. The van der Waals surface area contributed by atoms with Gasteiger partial charge < -0.3 is 18.6 Å². The van der Waals surface area contributed by atoms with Crippen molar-refractivity contribution >= 4 is 25.8 Å². The molecule has 0 spiro atoms. The van der Waals surface area contributed by atoms with E-state index in [2.05, 4.69) is 55.4 Å². The van der Waals surface area contributed by atoms with Crippen LogP contribution in [0.2, 0.25) is 12.1 Å². The highest BCUT2D eigenvalue weighted by atomic mass is 35.5. The third-order valence-electron chi connectivity index (χ3n) is 6.16. The van der Waals surface area contributed by atoms with Gasteiger partial charge in [-0.25, -0.2) is 0 Å². The zero-order valence-corrected chi connectivity index (χ0v) is 17.3. The van der Waals surface area contributed by atoms with Gasteiger partial charge in [-0.2, -0.15) is 0 Å². The molecule has 2 aliphatic heterocycles. The SMILES string of the molecule is CC1(C)OB(C[C@H](CCCCl)B2OC(C)(C)C(C)(C)O2)OC1(C)C. The molecule has 0 amide bonds. The van der Waals surface area contributed by atoms with Crippen LogP contribution < -0.4 is 0 Å². The van der Waals surface area contributed by atoms with Crippen LogP contribution in [0.25, 0.3) is 0 Å². The molecule has 0 N–H and O–H groups in total. The quantitative estimate of drug-likeness (QED) is 0.515. The summed E-state index contributed by atoms with van der Waals surface area (Å²) in [5.74, 6) is 0.832. The molecular weight excluding hydrogens is 325 g/mol. The fourth-order valence-electron chi connectivity index (χ4n) is 3.09. The fourth-order valence-corrected chi connectivity index (χ4v) is 3.25. The first-order chi connectivity index (χ1) is 10.8. The van der Waals surface area contributed by atoms with Crippen molar-refractivity contribution in [2.75, 3.05) is 5.88 Å².